The predicted octanol–water partition coefficient (Wildman–Crippen LogP) is 4.11. The molecule has 0 radical (unpaired) electrons. The zero-order chi connectivity index (χ0) is 10.8. The van der Waals surface area contributed by atoms with Gasteiger partial charge in [-0.1, -0.05) is 52.5 Å². The molecule has 0 aliphatic rings. The zero-order valence-corrected chi connectivity index (χ0v) is 10.2. The summed E-state index contributed by atoms with van der Waals surface area (Å²) in [7, 11) is 1.99. The highest BCUT2D eigenvalue weighted by molar-refractivity contribution is 4.96. The van der Waals surface area contributed by atoms with Crippen LogP contribution in [0.25, 0.3) is 0 Å². The van der Waals surface area contributed by atoms with E-state index in [9.17, 15) is 0 Å². The number of hydrogen-bond acceptors (Lipinski definition) is 1. The maximum atomic E-state index is 4.09. The van der Waals surface area contributed by atoms with Crippen molar-refractivity contribution in [3.05, 3.63) is 12.3 Å². The fourth-order valence-corrected chi connectivity index (χ4v) is 1.79. The first-order chi connectivity index (χ1) is 6.76. The Balaban J connectivity index is 3.78. The van der Waals surface area contributed by atoms with Gasteiger partial charge in [0.05, 0.1) is 0 Å². The third-order valence-corrected chi connectivity index (χ3v) is 2.88. The van der Waals surface area contributed by atoms with Crippen molar-refractivity contribution in [2.24, 2.45) is 5.92 Å². The lowest BCUT2D eigenvalue weighted by Crippen LogP contribution is -2.15. The average Bonchev–Trinajstić information content (AvgIpc) is 2.22. The van der Waals surface area contributed by atoms with Crippen LogP contribution in [0.15, 0.2) is 12.3 Å². The summed E-state index contributed by atoms with van der Waals surface area (Å²) < 4.78 is 0. The van der Waals surface area contributed by atoms with Crippen LogP contribution in [0.4, 0.5) is 0 Å². The van der Waals surface area contributed by atoms with Crippen LogP contribution in [-0.2, 0) is 0 Å². The van der Waals surface area contributed by atoms with E-state index in [-0.39, 0.29) is 0 Å². The van der Waals surface area contributed by atoms with Crippen molar-refractivity contribution in [2.45, 2.75) is 58.8 Å². The van der Waals surface area contributed by atoms with Crippen molar-refractivity contribution in [1.29, 1.82) is 0 Å². The van der Waals surface area contributed by atoms with E-state index >= 15 is 0 Å². The van der Waals surface area contributed by atoms with E-state index in [4.69, 9.17) is 0 Å². The number of rotatable bonds is 9. The second-order valence-corrected chi connectivity index (χ2v) is 4.11. The molecule has 1 unspecified atom stereocenters. The molecule has 1 nitrogen and oxygen atoms in total. The maximum absolute atomic E-state index is 4.09. The minimum atomic E-state index is 0.700. The topological polar surface area (TPSA) is 12.0 Å². The monoisotopic (exact) mass is 197 g/mol. The molecular formula is C13H27N. The average molecular weight is 197 g/mol. The van der Waals surface area contributed by atoms with E-state index in [0.29, 0.717) is 5.92 Å². The van der Waals surface area contributed by atoms with Crippen molar-refractivity contribution in [3.8, 4) is 0 Å². The third kappa shape index (κ3) is 6.06. The van der Waals surface area contributed by atoms with Gasteiger partial charge in [-0.25, -0.2) is 0 Å². The van der Waals surface area contributed by atoms with Crippen LogP contribution < -0.4 is 5.32 Å². The summed E-state index contributed by atoms with van der Waals surface area (Å²) in [5, 5.41) is 3.21. The van der Waals surface area contributed by atoms with Crippen molar-refractivity contribution in [3.63, 3.8) is 0 Å². The predicted molar refractivity (Wildman–Crippen MR) is 65.4 cm³/mol. The molecule has 1 heteroatoms. The van der Waals surface area contributed by atoms with Crippen LogP contribution >= 0.6 is 0 Å². The largest absolute Gasteiger partial charge is 0.392 e. The molecule has 0 aliphatic heterocycles. The Kier molecular flexibility index (Phi) is 8.81. The summed E-state index contributed by atoms with van der Waals surface area (Å²) in [5.74, 6) is 0.700. The second kappa shape index (κ2) is 9.11. The summed E-state index contributed by atoms with van der Waals surface area (Å²) in [6.07, 6.45) is 9.27. The molecule has 0 amide bonds. The summed E-state index contributed by atoms with van der Waals surface area (Å²) in [6.45, 7) is 8.61. The Morgan fingerprint density at radius 2 is 1.64 bits per heavy atom. The first-order valence-electron chi connectivity index (χ1n) is 6.12. The molecule has 1 atom stereocenters. The van der Waals surface area contributed by atoms with E-state index < -0.39 is 0 Å². The normalized spacial score (nSPS) is 12.5. The van der Waals surface area contributed by atoms with Gasteiger partial charge >= 0.3 is 0 Å². The van der Waals surface area contributed by atoms with Crippen molar-refractivity contribution in [2.75, 3.05) is 7.05 Å². The number of nitrogens with one attached hydrogen (secondary N) is 1. The molecule has 14 heavy (non-hydrogen) atoms. The van der Waals surface area contributed by atoms with Crippen LogP contribution in [0.5, 0.6) is 0 Å². The molecule has 0 bridgehead atoms. The van der Waals surface area contributed by atoms with Gasteiger partial charge in [-0.15, -0.1) is 0 Å². The van der Waals surface area contributed by atoms with Gasteiger partial charge in [0, 0.05) is 12.7 Å². The van der Waals surface area contributed by atoms with Gasteiger partial charge < -0.3 is 5.32 Å². The molecule has 0 saturated carbocycles. The molecule has 0 aromatic carbocycles. The van der Waals surface area contributed by atoms with Crippen molar-refractivity contribution in [1.82, 2.24) is 5.32 Å². The number of hydrogen-bond donors (Lipinski definition) is 1. The molecule has 0 saturated heterocycles. The van der Waals surface area contributed by atoms with E-state index in [1.165, 1.54) is 50.6 Å². The van der Waals surface area contributed by atoms with Crippen LogP contribution in [0.3, 0.4) is 0 Å². The molecule has 0 rings (SSSR count). The molecule has 84 valence electrons. The maximum Gasteiger partial charge on any atom is 0.00625 e. The van der Waals surface area contributed by atoms with Crippen LogP contribution in [0.1, 0.15) is 58.8 Å². The van der Waals surface area contributed by atoms with Crippen LogP contribution in [0.2, 0.25) is 0 Å². The molecule has 0 heterocycles. The lowest BCUT2D eigenvalue weighted by atomic mass is 9.93. The molecule has 1 N–H and O–H groups in total. The molecule has 0 fully saturated rings. The van der Waals surface area contributed by atoms with Crippen molar-refractivity contribution >= 4 is 0 Å². The highest BCUT2D eigenvalue weighted by Gasteiger charge is 2.10. The zero-order valence-electron chi connectivity index (χ0n) is 10.2. The van der Waals surface area contributed by atoms with Crippen LogP contribution in [0, 0.1) is 5.92 Å². The smallest absolute Gasteiger partial charge is 0.00625 e. The lowest BCUT2D eigenvalue weighted by molar-refractivity contribution is 0.453. The number of unbranched alkanes of at least 4 members (excludes halogenated alkanes) is 3. The van der Waals surface area contributed by atoms with E-state index in [1.54, 1.807) is 0 Å². The van der Waals surface area contributed by atoms with E-state index in [0.717, 1.165) is 0 Å². The minimum absolute atomic E-state index is 0.700. The fraction of sp³-hybridized carbons (Fsp3) is 0.846. The van der Waals surface area contributed by atoms with Gasteiger partial charge in [0.2, 0.25) is 0 Å². The van der Waals surface area contributed by atoms with Gasteiger partial charge in [-0.2, -0.15) is 0 Å². The highest BCUT2D eigenvalue weighted by Crippen LogP contribution is 2.21. The van der Waals surface area contributed by atoms with Gasteiger partial charge in [-0.05, 0) is 18.8 Å². The van der Waals surface area contributed by atoms with Gasteiger partial charge in [0.1, 0.15) is 0 Å². The van der Waals surface area contributed by atoms with Gasteiger partial charge in [0.15, 0.2) is 0 Å². The summed E-state index contributed by atoms with van der Waals surface area (Å²) in [5.41, 5.74) is 1.23. The summed E-state index contributed by atoms with van der Waals surface area (Å²) >= 11 is 0. The molecule has 0 aromatic heterocycles. The Hall–Kier alpha value is -0.460. The lowest BCUT2D eigenvalue weighted by Gasteiger charge is -2.18. The van der Waals surface area contributed by atoms with Crippen LogP contribution in [-0.4, -0.2) is 7.05 Å². The molecule has 0 spiro atoms. The molecule has 0 aromatic rings. The first kappa shape index (κ1) is 13.5. The van der Waals surface area contributed by atoms with Crippen molar-refractivity contribution < 1.29 is 0 Å². The molecule has 0 aliphatic carbocycles. The summed E-state index contributed by atoms with van der Waals surface area (Å²) in [6, 6.07) is 0. The second-order valence-electron chi connectivity index (χ2n) is 4.11. The Morgan fingerprint density at radius 3 is 2.14 bits per heavy atom. The van der Waals surface area contributed by atoms with E-state index in [2.05, 4.69) is 25.7 Å². The molecular weight excluding hydrogens is 170 g/mol. The van der Waals surface area contributed by atoms with Gasteiger partial charge in [0.25, 0.3) is 0 Å². The highest BCUT2D eigenvalue weighted by atomic mass is 14.8. The first-order valence-corrected chi connectivity index (χ1v) is 6.12. The van der Waals surface area contributed by atoms with E-state index in [1.807, 2.05) is 7.05 Å². The number of allylic oxidation sites excluding steroid dienone is 1. The SMILES string of the molecule is C=C(NC)C(CCCC)CCCCC. The Morgan fingerprint density at radius 1 is 1.07 bits per heavy atom. The minimum Gasteiger partial charge on any atom is -0.392 e. The third-order valence-electron chi connectivity index (χ3n) is 2.88. The standard InChI is InChI=1S/C13H27N/c1-5-7-9-11-13(10-8-6-2)12(3)14-4/h13-14H,3,5-11H2,1-2,4H3. The summed E-state index contributed by atoms with van der Waals surface area (Å²) in [4.78, 5) is 0. The fourth-order valence-electron chi connectivity index (χ4n) is 1.79. The quantitative estimate of drug-likeness (QED) is 0.549. The Bertz CT molecular complexity index is 140. The van der Waals surface area contributed by atoms with Gasteiger partial charge in [-0.3, -0.25) is 0 Å². The Labute approximate surface area is 90.0 Å².